The van der Waals surface area contributed by atoms with E-state index in [9.17, 15) is 4.79 Å². The number of nitrogens with one attached hydrogen (secondary N) is 1. The summed E-state index contributed by atoms with van der Waals surface area (Å²) in [5, 5.41) is 8.25. The summed E-state index contributed by atoms with van der Waals surface area (Å²) in [5.41, 5.74) is 4.29. The Morgan fingerprint density at radius 2 is 1.90 bits per heavy atom. The second kappa shape index (κ2) is 9.31. The van der Waals surface area contributed by atoms with Gasteiger partial charge in [0.05, 0.1) is 12.2 Å². The van der Waals surface area contributed by atoms with Gasteiger partial charge in [-0.2, -0.15) is 5.10 Å². The molecule has 2 aromatic heterocycles. The fourth-order valence-electron chi connectivity index (χ4n) is 3.37. The van der Waals surface area contributed by atoms with Gasteiger partial charge in [-0.3, -0.25) is 9.48 Å². The number of hydrogen-bond donors (Lipinski definition) is 1. The molecule has 0 aliphatic heterocycles. The van der Waals surface area contributed by atoms with Crippen molar-refractivity contribution in [3.05, 3.63) is 64.1 Å². The van der Waals surface area contributed by atoms with Crippen LogP contribution in [0.15, 0.2) is 40.8 Å². The van der Waals surface area contributed by atoms with Crippen LogP contribution in [-0.2, 0) is 24.3 Å². The van der Waals surface area contributed by atoms with Gasteiger partial charge in [0.2, 0.25) is 5.91 Å². The van der Waals surface area contributed by atoms with Crippen LogP contribution in [0.5, 0.6) is 0 Å². The number of halogens is 1. The van der Waals surface area contributed by atoms with E-state index in [1.807, 2.05) is 48.0 Å². The molecule has 0 aliphatic rings. The molecule has 154 valence electrons. The smallest absolute Gasteiger partial charge is 0.220 e. The van der Waals surface area contributed by atoms with Crippen LogP contribution < -0.4 is 5.32 Å². The van der Waals surface area contributed by atoms with Gasteiger partial charge in [-0.05, 0) is 68.1 Å². The molecule has 29 heavy (non-hydrogen) atoms. The average Bonchev–Trinajstić information content (AvgIpc) is 3.24. The van der Waals surface area contributed by atoms with Crippen LogP contribution in [0.4, 0.5) is 0 Å². The maximum absolute atomic E-state index is 12.3. The molecule has 0 bridgehead atoms. The van der Waals surface area contributed by atoms with Gasteiger partial charge in [0.25, 0.3) is 0 Å². The summed E-state index contributed by atoms with van der Waals surface area (Å²) in [6.07, 6.45) is 1.12. The van der Waals surface area contributed by atoms with E-state index >= 15 is 0 Å². The summed E-state index contributed by atoms with van der Waals surface area (Å²) in [4.78, 5) is 12.3. The summed E-state index contributed by atoms with van der Waals surface area (Å²) in [7, 11) is 0. The summed E-state index contributed by atoms with van der Waals surface area (Å²) >= 11 is 5.92. The van der Waals surface area contributed by atoms with E-state index in [1.54, 1.807) is 0 Å². The van der Waals surface area contributed by atoms with Crippen LogP contribution in [0.2, 0.25) is 5.02 Å². The fraction of sp³-hybridized carbons (Fsp3) is 0.391. The minimum Gasteiger partial charge on any atom is -0.459 e. The van der Waals surface area contributed by atoms with E-state index in [1.165, 1.54) is 5.56 Å². The number of aromatic nitrogens is 2. The Bertz CT molecular complexity index is 971. The molecule has 0 atom stereocenters. The standard InChI is InChI=1S/C23H28ClN3O2/c1-15(2)14-27-17(4)21(16(3)26-27)10-12-23(28)25-13-20-9-11-22(29-20)18-5-7-19(24)8-6-18/h5-9,11,15H,10,12-14H2,1-4H3,(H,25,28). The van der Waals surface area contributed by atoms with Crippen molar-refractivity contribution in [2.75, 3.05) is 0 Å². The van der Waals surface area contributed by atoms with Gasteiger partial charge in [0, 0.05) is 29.2 Å². The highest BCUT2D eigenvalue weighted by atomic mass is 35.5. The van der Waals surface area contributed by atoms with Crippen LogP contribution in [-0.4, -0.2) is 15.7 Å². The molecule has 0 spiro atoms. The maximum atomic E-state index is 12.3. The Balaban J connectivity index is 1.52. The lowest BCUT2D eigenvalue weighted by atomic mass is 10.1. The van der Waals surface area contributed by atoms with Crippen molar-refractivity contribution in [1.82, 2.24) is 15.1 Å². The van der Waals surface area contributed by atoms with Crippen molar-refractivity contribution in [2.45, 2.75) is 53.6 Å². The van der Waals surface area contributed by atoms with Gasteiger partial charge in [-0.25, -0.2) is 0 Å². The van der Waals surface area contributed by atoms with Crippen LogP contribution >= 0.6 is 11.6 Å². The predicted molar refractivity (Wildman–Crippen MR) is 116 cm³/mol. The summed E-state index contributed by atoms with van der Waals surface area (Å²) < 4.78 is 7.88. The number of carbonyl (C=O) groups is 1. The lowest BCUT2D eigenvalue weighted by Crippen LogP contribution is -2.22. The van der Waals surface area contributed by atoms with Gasteiger partial charge < -0.3 is 9.73 Å². The van der Waals surface area contributed by atoms with E-state index in [4.69, 9.17) is 16.0 Å². The molecule has 1 aromatic carbocycles. The van der Waals surface area contributed by atoms with Crippen molar-refractivity contribution in [3.63, 3.8) is 0 Å². The van der Waals surface area contributed by atoms with E-state index in [2.05, 4.69) is 31.2 Å². The third kappa shape index (κ3) is 5.51. The van der Waals surface area contributed by atoms with Gasteiger partial charge in [0.1, 0.15) is 11.5 Å². The van der Waals surface area contributed by atoms with Crippen LogP contribution in [0.25, 0.3) is 11.3 Å². The fourth-order valence-corrected chi connectivity index (χ4v) is 3.50. The molecule has 0 saturated heterocycles. The average molecular weight is 414 g/mol. The van der Waals surface area contributed by atoms with Crippen molar-refractivity contribution >= 4 is 17.5 Å². The molecule has 3 rings (SSSR count). The number of nitrogens with zero attached hydrogens (tertiary/aromatic N) is 2. The van der Waals surface area contributed by atoms with Gasteiger partial charge in [-0.15, -0.1) is 0 Å². The SMILES string of the molecule is Cc1nn(CC(C)C)c(C)c1CCC(=O)NCc1ccc(-c2ccc(Cl)cc2)o1. The third-order valence-electron chi connectivity index (χ3n) is 4.92. The zero-order valence-electron chi connectivity index (χ0n) is 17.5. The molecule has 0 radical (unpaired) electrons. The number of amides is 1. The highest BCUT2D eigenvalue weighted by Gasteiger charge is 2.14. The summed E-state index contributed by atoms with van der Waals surface area (Å²) in [6.45, 7) is 9.71. The Morgan fingerprint density at radius 3 is 2.59 bits per heavy atom. The molecular weight excluding hydrogens is 386 g/mol. The minimum absolute atomic E-state index is 0.00449. The zero-order valence-corrected chi connectivity index (χ0v) is 18.2. The highest BCUT2D eigenvalue weighted by molar-refractivity contribution is 6.30. The third-order valence-corrected chi connectivity index (χ3v) is 5.17. The largest absolute Gasteiger partial charge is 0.459 e. The highest BCUT2D eigenvalue weighted by Crippen LogP contribution is 2.24. The minimum atomic E-state index is 0.00449. The van der Waals surface area contributed by atoms with Crippen molar-refractivity contribution in [1.29, 1.82) is 0 Å². The summed E-state index contributed by atoms with van der Waals surface area (Å²) in [6, 6.07) is 11.3. The predicted octanol–water partition coefficient (Wildman–Crippen LogP) is 5.32. The van der Waals surface area contributed by atoms with E-state index < -0.39 is 0 Å². The molecule has 0 fully saturated rings. The quantitative estimate of drug-likeness (QED) is 0.543. The molecule has 0 unspecified atom stereocenters. The van der Waals surface area contributed by atoms with Crippen molar-refractivity contribution < 1.29 is 9.21 Å². The molecule has 2 heterocycles. The van der Waals surface area contributed by atoms with E-state index in [0.29, 0.717) is 30.3 Å². The lowest BCUT2D eigenvalue weighted by molar-refractivity contribution is -0.121. The van der Waals surface area contributed by atoms with Gasteiger partial charge in [0.15, 0.2) is 0 Å². The second-order valence-electron chi connectivity index (χ2n) is 7.77. The van der Waals surface area contributed by atoms with Gasteiger partial charge in [-0.1, -0.05) is 25.4 Å². The molecular formula is C23H28ClN3O2. The molecule has 6 heteroatoms. The van der Waals surface area contributed by atoms with Crippen molar-refractivity contribution in [2.24, 2.45) is 5.92 Å². The zero-order chi connectivity index (χ0) is 21.0. The number of rotatable bonds is 8. The number of benzene rings is 1. The van der Waals surface area contributed by atoms with Gasteiger partial charge >= 0.3 is 0 Å². The molecule has 1 amide bonds. The Kier molecular flexibility index (Phi) is 6.80. The Labute approximate surface area is 177 Å². The first-order valence-electron chi connectivity index (χ1n) is 9.97. The van der Waals surface area contributed by atoms with Crippen LogP contribution in [0.3, 0.4) is 0 Å². The number of hydrogen-bond acceptors (Lipinski definition) is 3. The Hall–Kier alpha value is -2.53. The second-order valence-corrected chi connectivity index (χ2v) is 8.21. The Morgan fingerprint density at radius 1 is 1.17 bits per heavy atom. The van der Waals surface area contributed by atoms with E-state index in [-0.39, 0.29) is 5.91 Å². The molecule has 1 N–H and O–H groups in total. The molecule has 0 saturated carbocycles. The van der Waals surface area contributed by atoms with Crippen molar-refractivity contribution in [3.8, 4) is 11.3 Å². The normalized spacial score (nSPS) is 11.2. The van der Waals surface area contributed by atoms with Crippen LogP contribution in [0.1, 0.15) is 43.0 Å². The number of aryl methyl sites for hydroxylation is 1. The number of furan rings is 1. The molecule has 5 nitrogen and oxygen atoms in total. The maximum Gasteiger partial charge on any atom is 0.220 e. The first-order valence-corrected chi connectivity index (χ1v) is 10.4. The monoisotopic (exact) mass is 413 g/mol. The topological polar surface area (TPSA) is 60.1 Å². The molecule has 3 aromatic rings. The summed E-state index contributed by atoms with van der Waals surface area (Å²) in [5.74, 6) is 2.02. The first-order chi connectivity index (χ1) is 13.8. The first kappa shape index (κ1) is 21.2. The molecule has 0 aliphatic carbocycles. The van der Waals surface area contributed by atoms with E-state index in [0.717, 1.165) is 35.0 Å². The van der Waals surface area contributed by atoms with Crippen LogP contribution in [0, 0.1) is 19.8 Å². The number of carbonyl (C=O) groups excluding carboxylic acids is 1. The lowest BCUT2D eigenvalue weighted by Gasteiger charge is -2.08.